The smallest absolute Gasteiger partial charge is 0.300 e. The molecule has 3 atom stereocenters. The van der Waals surface area contributed by atoms with E-state index in [1.54, 1.807) is 0 Å². The molecular formula is C9H16O2S. The first kappa shape index (κ1) is 9.90. The molecule has 70 valence electrons. The summed E-state index contributed by atoms with van der Waals surface area (Å²) in [5.41, 5.74) is 0. The molecule has 2 saturated carbocycles. The number of carboxylic acids is 1. The van der Waals surface area contributed by atoms with Crippen LogP contribution in [0.25, 0.3) is 0 Å². The molecule has 2 bridgehead atoms. The average molecular weight is 188 g/mol. The second-order valence-corrected chi connectivity index (χ2v) is 4.42. The zero-order valence-corrected chi connectivity index (χ0v) is 8.26. The van der Waals surface area contributed by atoms with Crippen LogP contribution in [-0.2, 0) is 4.79 Å². The third-order valence-corrected chi connectivity index (χ3v) is 3.33. The summed E-state index contributed by atoms with van der Waals surface area (Å²) in [5.74, 6) is 1.24. The number of fused-ring (bicyclic) bond motifs is 2. The lowest BCUT2D eigenvalue weighted by Gasteiger charge is -2.14. The molecule has 0 saturated heterocycles. The van der Waals surface area contributed by atoms with E-state index < -0.39 is 5.97 Å². The Morgan fingerprint density at radius 2 is 2.00 bits per heavy atom. The van der Waals surface area contributed by atoms with Crippen LogP contribution in [0.1, 0.15) is 32.6 Å². The molecule has 2 aliphatic carbocycles. The summed E-state index contributed by atoms with van der Waals surface area (Å²) in [6, 6.07) is 0. The highest BCUT2D eigenvalue weighted by atomic mass is 32.1. The summed E-state index contributed by atoms with van der Waals surface area (Å²) in [5, 5.41) is 8.19. The number of carbonyl (C=O) groups is 1. The van der Waals surface area contributed by atoms with Crippen molar-refractivity contribution in [3.05, 3.63) is 0 Å². The van der Waals surface area contributed by atoms with E-state index in [4.69, 9.17) is 9.90 Å². The Labute approximate surface area is 78.8 Å². The maximum Gasteiger partial charge on any atom is 0.300 e. The lowest BCUT2D eigenvalue weighted by molar-refractivity contribution is -0.134. The lowest BCUT2D eigenvalue weighted by Crippen LogP contribution is -2.08. The van der Waals surface area contributed by atoms with E-state index in [-0.39, 0.29) is 0 Å². The zero-order chi connectivity index (χ0) is 9.14. The van der Waals surface area contributed by atoms with Crippen LogP contribution in [0.15, 0.2) is 0 Å². The van der Waals surface area contributed by atoms with Gasteiger partial charge in [-0.2, -0.15) is 12.6 Å². The van der Waals surface area contributed by atoms with Crippen LogP contribution in [0.2, 0.25) is 0 Å². The molecule has 2 aliphatic rings. The van der Waals surface area contributed by atoms with E-state index in [2.05, 4.69) is 12.6 Å². The van der Waals surface area contributed by atoms with Crippen LogP contribution in [0, 0.1) is 11.8 Å². The standard InChI is InChI=1S/C7H12S.C2H4O2/c8-7-4-5-1-2-6(7)3-5;1-2(3)4/h5-8H,1-4H2;1H3,(H,3,4). The number of thiol groups is 1. The highest BCUT2D eigenvalue weighted by molar-refractivity contribution is 7.81. The molecule has 0 heterocycles. The van der Waals surface area contributed by atoms with E-state index in [0.29, 0.717) is 0 Å². The number of rotatable bonds is 0. The van der Waals surface area contributed by atoms with Crippen LogP contribution >= 0.6 is 12.6 Å². The Morgan fingerprint density at radius 1 is 1.42 bits per heavy atom. The van der Waals surface area contributed by atoms with Crippen LogP contribution < -0.4 is 0 Å². The average Bonchev–Trinajstić information content (AvgIpc) is 2.44. The van der Waals surface area contributed by atoms with Gasteiger partial charge in [0, 0.05) is 12.2 Å². The van der Waals surface area contributed by atoms with Gasteiger partial charge in [0.1, 0.15) is 0 Å². The van der Waals surface area contributed by atoms with Gasteiger partial charge in [-0.05, 0) is 31.1 Å². The predicted octanol–water partition coefficient (Wildman–Crippen LogP) is 2.20. The fourth-order valence-electron chi connectivity index (χ4n) is 2.21. The van der Waals surface area contributed by atoms with Crippen molar-refractivity contribution in [2.75, 3.05) is 0 Å². The molecule has 3 heteroatoms. The van der Waals surface area contributed by atoms with Crippen molar-refractivity contribution in [3.8, 4) is 0 Å². The topological polar surface area (TPSA) is 37.3 Å². The van der Waals surface area contributed by atoms with Gasteiger partial charge in [0.05, 0.1) is 0 Å². The summed E-state index contributed by atoms with van der Waals surface area (Å²) >= 11 is 4.50. The third kappa shape index (κ3) is 2.70. The van der Waals surface area contributed by atoms with Crippen LogP contribution in [0.4, 0.5) is 0 Å². The highest BCUT2D eigenvalue weighted by Gasteiger charge is 2.37. The number of carboxylic acid groups (broad SMARTS) is 1. The van der Waals surface area contributed by atoms with Crippen LogP contribution in [0.3, 0.4) is 0 Å². The summed E-state index contributed by atoms with van der Waals surface area (Å²) in [6.07, 6.45) is 5.88. The Bertz CT molecular complexity index is 164. The molecule has 0 radical (unpaired) electrons. The first-order chi connectivity index (χ1) is 5.59. The monoisotopic (exact) mass is 188 g/mol. The van der Waals surface area contributed by atoms with Crippen molar-refractivity contribution >= 4 is 18.6 Å². The van der Waals surface area contributed by atoms with E-state index in [1.807, 2.05) is 0 Å². The van der Waals surface area contributed by atoms with Gasteiger partial charge in [0.2, 0.25) is 0 Å². The first-order valence-electron chi connectivity index (χ1n) is 4.47. The molecule has 0 spiro atoms. The molecule has 0 aliphatic heterocycles. The molecule has 2 nitrogen and oxygen atoms in total. The molecule has 0 aromatic carbocycles. The first-order valence-corrected chi connectivity index (χ1v) is 4.99. The summed E-state index contributed by atoms with van der Waals surface area (Å²) in [4.78, 5) is 9.00. The second kappa shape index (κ2) is 4.17. The summed E-state index contributed by atoms with van der Waals surface area (Å²) in [7, 11) is 0. The minimum absolute atomic E-state index is 0.772. The van der Waals surface area contributed by atoms with Gasteiger partial charge in [-0.15, -0.1) is 0 Å². The maximum absolute atomic E-state index is 9.00. The van der Waals surface area contributed by atoms with Gasteiger partial charge >= 0.3 is 0 Å². The minimum Gasteiger partial charge on any atom is -0.481 e. The van der Waals surface area contributed by atoms with Gasteiger partial charge in [-0.3, -0.25) is 4.79 Å². The Kier molecular flexibility index (Phi) is 3.44. The van der Waals surface area contributed by atoms with Gasteiger partial charge in [-0.25, -0.2) is 0 Å². The molecule has 0 aromatic heterocycles. The van der Waals surface area contributed by atoms with Crippen molar-refractivity contribution in [1.29, 1.82) is 0 Å². The zero-order valence-electron chi connectivity index (χ0n) is 7.36. The second-order valence-electron chi connectivity index (χ2n) is 3.76. The largest absolute Gasteiger partial charge is 0.481 e. The third-order valence-electron chi connectivity index (χ3n) is 2.70. The fourth-order valence-corrected chi connectivity index (χ4v) is 2.78. The van der Waals surface area contributed by atoms with E-state index in [9.17, 15) is 0 Å². The van der Waals surface area contributed by atoms with Crippen LogP contribution in [-0.4, -0.2) is 16.3 Å². The lowest BCUT2D eigenvalue weighted by atomic mass is 10.0. The summed E-state index contributed by atoms with van der Waals surface area (Å²) < 4.78 is 0. The van der Waals surface area contributed by atoms with Crippen molar-refractivity contribution in [2.24, 2.45) is 11.8 Å². The number of hydrogen-bond acceptors (Lipinski definition) is 2. The van der Waals surface area contributed by atoms with Gasteiger partial charge in [-0.1, -0.05) is 6.42 Å². The normalized spacial score (nSPS) is 37.3. The van der Waals surface area contributed by atoms with E-state index in [1.165, 1.54) is 25.7 Å². The Balaban J connectivity index is 0.000000157. The maximum atomic E-state index is 9.00. The Morgan fingerprint density at radius 3 is 2.17 bits per heavy atom. The molecule has 0 amide bonds. The molecule has 1 N–H and O–H groups in total. The molecule has 2 fully saturated rings. The van der Waals surface area contributed by atoms with Crippen molar-refractivity contribution < 1.29 is 9.90 Å². The minimum atomic E-state index is -0.833. The van der Waals surface area contributed by atoms with Gasteiger partial charge < -0.3 is 5.11 Å². The quantitative estimate of drug-likeness (QED) is 0.572. The summed E-state index contributed by atoms with van der Waals surface area (Å²) in [6.45, 7) is 1.08. The van der Waals surface area contributed by atoms with E-state index in [0.717, 1.165) is 24.0 Å². The van der Waals surface area contributed by atoms with Gasteiger partial charge in [0.25, 0.3) is 5.97 Å². The van der Waals surface area contributed by atoms with Crippen molar-refractivity contribution in [3.63, 3.8) is 0 Å². The fraction of sp³-hybridized carbons (Fsp3) is 0.889. The highest BCUT2D eigenvalue weighted by Crippen LogP contribution is 2.46. The predicted molar refractivity (Wildman–Crippen MR) is 51.5 cm³/mol. The van der Waals surface area contributed by atoms with Crippen molar-refractivity contribution in [1.82, 2.24) is 0 Å². The van der Waals surface area contributed by atoms with Crippen LogP contribution in [0.5, 0.6) is 0 Å². The molecule has 12 heavy (non-hydrogen) atoms. The molecule has 0 aromatic rings. The van der Waals surface area contributed by atoms with Gasteiger partial charge in [0.15, 0.2) is 0 Å². The Hall–Kier alpha value is -0.180. The molecule has 3 unspecified atom stereocenters. The molecule has 2 rings (SSSR count). The SMILES string of the molecule is CC(=O)O.SC1CC2CCC1C2. The number of hydrogen-bond donors (Lipinski definition) is 2. The molecular weight excluding hydrogens is 172 g/mol. The van der Waals surface area contributed by atoms with E-state index >= 15 is 0 Å². The number of aliphatic carboxylic acids is 1. The van der Waals surface area contributed by atoms with Crippen molar-refractivity contribution in [2.45, 2.75) is 37.9 Å².